The number of carbonyl (C=O) groups is 1. The molecule has 232 valence electrons. The van der Waals surface area contributed by atoms with Crippen LogP contribution in [-0.4, -0.2) is 39.9 Å². The first-order valence-corrected chi connectivity index (χ1v) is 16.2. The third-order valence-corrected chi connectivity index (χ3v) is 9.57. The third kappa shape index (κ3) is 5.34. The molecule has 6 aromatic rings. The van der Waals surface area contributed by atoms with Gasteiger partial charge in [-0.1, -0.05) is 36.4 Å². The van der Waals surface area contributed by atoms with Gasteiger partial charge in [-0.25, -0.2) is 8.60 Å². The van der Waals surface area contributed by atoms with Gasteiger partial charge in [0.05, 0.1) is 23.2 Å². The number of aromatic nitrogens is 1. The fourth-order valence-electron chi connectivity index (χ4n) is 6.21. The number of para-hydroxylation sites is 1. The maximum Gasteiger partial charge on any atom is 0.255 e. The number of halogens is 1. The van der Waals surface area contributed by atoms with E-state index in [9.17, 15) is 18.7 Å². The number of anilines is 1. The summed E-state index contributed by atoms with van der Waals surface area (Å²) < 4.78 is 35.4. The average Bonchev–Trinajstić information content (AvgIpc) is 3.63. The van der Waals surface area contributed by atoms with Crippen molar-refractivity contribution in [2.45, 2.75) is 18.9 Å². The Hall–Kier alpha value is -5.24. The molecule has 1 unspecified atom stereocenters. The van der Waals surface area contributed by atoms with Crippen LogP contribution >= 0.6 is 0 Å². The minimum absolute atomic E-state index is 0. The van der Waals surface area contributed by atoms with Crippen molar-refractivity contribution < 1.29 is 23.3 Å². The number of furan rings is 1. The molecule has 1 aliphatic carbocycles. The Morgan fingerprint density at radius 1 is 1.00 bits per heavy atom. The Labute approximate surface area is 267 Å². The summed E-state index contributed by atoms with van der Waals surface area (Å²) in [4.78, 5) is 16.8. The van der Waals surface area contributed by atoms with Crippen LogP contribution in [0.5, 0.6) is 0 Å². The summed E-state index contributed by atoms with van der Waals surface area (Å²) in [6.07, 6.45) is 2.84. The zero-order valence-electron chi connectivity index (χ0n) is 25.1. The van der Waals surface area contributed by atoms with E-state index >= 15 is 0 Å². The second-order valence-electron chi connectivity index (χ2n) is 11.3. The van der Waals surface area contributed by atoms with Crippen molar-refractivity contribution in [3.05, 3.63) is 102 Å². The molecule has 1 atom stereocenters. The molecular weight excluding hydrogens is 603 g/mol. The summed E-state index contributed by atoms with van der Waals surface area (Å²) in [6.45, 7) is 0. The molecule has 2 heterocycles. The van der Waals surface area contributed by atoms with Gasteiger partial charge >= 0.3 is 0 Å². The molecule has 46 heavy (non-hydrogen) atoms. The zero-order valence-corrected chi connectivity index (χ0v) is 26.0. The predicted octanol–water partition coefficient (Wildman–Crippen LogP) is 6.99. The number of nitriles is 1. The highest BCUT2D eigenvalue weighted by Crippen LogP contribution is 2.45. The van der Waals surface area contributed by atoms with E-state index in [-0.39, 0.29) is 23.3 Å². The fourth-order valence-corrected chi connectivity index (χ4v) is 7.23. The van der Waals surface area contributed by atoms with Crippen molar-refractivity contribution in [1.82, 2.24) is 10.3 Å². The molecule has 4 N–H and O–H groups in total. The molecule has 4 aromatic carbocycles. The minimum Gasteiger partial charge on any atom is -0.455 e. The molecule has 0 spiro atoms. The van der Waals surface area contributed by atoms with Crippen LogP contribution in [0.15, 0.2) is 95.4 Å². The normalized spacial score (nSPS) is 16.3. The number of carbonyl (C=O) groups excluding carboxylic acids is 1. The van der Waals surface area contributed by atoms with E-state index in [0.29, 0.717) is 46.4 Å². The van der Waals surface area contributed by atoms with Crippen LogP contribution in [0.25, 0.3) is 55.6 Å². The summed E-state index contributed by atoms with van der Waals surface area (Å²) in [6, 6.07) is 30.1. The number of aromatic amines is 1. The first-order valence-electron chi connectivity index (χ1n) is 14.6. The van der Waals surface area contributed by atoms with Crippen LogP contribution in [0, 0.1) is 23.1 Å². The molecule has 2 aromatic heterocycles. The zero-order chi connectivity index (χ0) is 31.2. The lowest BCUT2D eigenvalue weighted by Crippen LogP contribution is -2.45. The molecule has 1 fully saturated rings. The van der Waals surface area contributed by atoms with Gasteiger partial charge in [-0.2, -0.15) is 5.26 Å². The van der Waals surface area contributed by atoms with E-state index in [1.165, 1.54) is 12.1 Å². The first kappa shape index (κ1) is 30.8. The number of hydrogen-bond donors (Lipinski definition) is 2. The monoisotopic (exact) mass is 634 g/mol. The Bertz CT molecular complexity index is 2130. The van der Waals surface area contributed by atoms with Gasteiger partial charge in [0.1, 0.15) is 28.1 Å². The molecule has 0 bridgehead atoms. The SMILES string of the molecule is CNC(=O)c1c(-c2ccc(F)cc2)oc2cc(N(C3CC(C#N)C3)S(C)=O)c(-c3cccc(-c4cc5ccccc5[nH]4)c3)cc12.O. The highest BCUT2D eigenvalue weighted by molar-refractivity contribution is 7.85. The van der Waals surface area contributed by atoms with Gasteiger partial charge in [0.15, 0.2) is 0 Å². The molecule has 7 rings (SSSR count). The topological polar surface area (TPSA) is 134 Å². The predicted molar refractivity (Wildman–Crippen MR) is 180 cm³/mol. The summed E-state index contributed by atoms with van der Waals surface area (Å²) >= 11 is 0. The van der Waals surface area contributed by atoms with E-state index in [1.807, 2.05) is 52.8 Å². The number of rotatable bonds is 7. The van der Waals surface area contributed by atoms with E-state index in [0.717, 1.165) is 33.3 Å². The van der Waals surface area contributed by atoms with Crippen LogP contribution in [-0.2, 0) is 11.0 Å². The standard InChI is InChI=1S/C36H29FN4O3S.H2O/c1-39-36(42)34-29-18-28(23-7-5-8-24(16-23)31-17-25-6-3-4-9-30(25)40-31)32(41(45(2)43)27-14-21(15-27)20-38)19-33(29)44-35(34)22-10-12-26(37)13-11-22;/h3-13,16-19,21,27,40H,14-15H2,1-2H3,(H,39,42);1H2. The maximum atomic E-state index is 13.8. The van der Waals surface area contributed by atoms with Crippen molar-refractivity contribution in [2.75, 3.05) is 17.6 Å². The van der Waals surface area contributed by atoms with Gasteiger partial charge in [0, 0.05) is 58.5 Å². The largest absolute Gasteiger partial charge is 0.455 e. The van der Waals surface area contributed by atoms with Gasteiger partial charge in [0.25, 0.3) is 5.91 Å². The summed E-state index contributed by atoms with van der Waals surface area (Å²) in [5, 5.41) is 13.9. The molecule has 8 nitrogen and oxygen atoms in total. The second-order valence-corrected chi connectivity index (χ2v) is 12.6. The van der Waals surface area contributed by atoms with E-state index in [4.69, 9.17) is 4.42 Å². The minimum atomic E-state index is -1.42. The first-order chi connectivity index (χ1) is 21.8. The summed E-state index contributed by atoms with van der Waals surface area (Å²) in [5.74, 6) is -0.512. The summed E-state index contributed by atoms with van der Waals surface area (Å²) in [7, 11) is 0.133. The molecule has 1 amide bonds. The van der Waals surface area contributed by atoms with Crippen molar-refractivity contribution in [2.24, 2.45) is 5.92 Å². The number of hydrogen-bond acceptors (Lipinski definition) is 4. The van der Waals surface area contributed by atoms with Gasteiger partial charge in [-0.15, -0.1) is 0 Å². The number of benzene rings is 4. The molecule has 0 saturated heterocycles. The lowest BCUT2D eigenvalue weighted by atomic mass is 9.81. The van der Waals surface area contributed by atoms with E-state index in [1.54, 1.807) is 25.4 Å². The molecule has 1 saturated carbocycles. The van der Waals surface area contributed by atoms with Crippen LogP contribution in [0.1, 0.15) is 23.2 Å². The second kappa shape index (κ2) is 12.3. The van der Waals surface area contributed by atoms with E-state index in [2.05, 4.69) is 34.6 Å². The van der Waals surface area contributed by atoms with Crippen LogP contribution < -0.4 is 9.62 Å². The quantitative estimate of drug-likeness (QED) is 0.196. The molecular formula is C36H31FN4O4S. The third-order valence-electron chi connectivity index (χ3n) is 8.52. The Morgan fingerprint density at radius 2 is 1.74 bits per heavy atom. The molecule has 0 aliphatic heterocycles. The lowest BCUT2D eigenvalue weighted by Gasteiger charge is -2.40. The number of amides is 1. The van der Waals surface area contributed by atoms with Crippen LogP contribution in [0.2, 0.25) is 0 Å². The smallest absolute Gasteiger partial charge is 0.255 e. The number of fused-ring (bicyclic) bond motifs is 2. The molecule has 1 aliphatic rings. The Balaban J connectivity index is 0.00000372. The number of nitrogens with one attached hydrogen (secondary N) is 2. The van der Waals surface area contributed by atoms with Crippen LogP contribution in [0.3, 0.4) is 0 Å². The summed E-state index contributed by atoms with van der Waals surface area (Å²) in [5.41, 5.74) is 6.60. The van der Waals surface area contributed by atoms with Crippen molar-refractivity contribution in [1.29, 1.82) is 5.26 Å². The molecule has 0 radical (unpaired) electrons. The van der Waals surface area contributed by atoms with Crippen molar-refractivity contribution in [3.63, 3.8) is 0 Å². The average molecular weight is 635 g/mol. The molecule has 10 heteroatoms. The van der Waals surface area contributed by atoms with Gasteiger partial charge in [0.2, 0.25) is 0 Å². The highest BCUT2D eigenvalue weighted by Gasteiger charge is 2.37. The van der Waals surface area contributed by atoms with Crippen molar-refractivity contribution >= 4 is 44.5 Å². The highest BCUT2D eigenvalue weighted by atomic mass is 32.2. The number of nitrogens with zero attached hydrogens (tertiary/aromatic N) is 2. The van der Waals surface area contributed by atoms with Gasteiger partial charge in [-0.05, 0) is 72.5 Å². The maximum absolute atomic E-state index is 13.8. The van der Waals surface area contributed by atoms with Gasteiger partial charge < -0.3 is 20.2 Å². The Kier molecular flexibility index (Phi) is 8.21. The van der Waals surface area contributed by atoms with Gasteiger partial charge in [-0.3, -0.25) is 9.10 Å². The van der Waals surface area contributed by atoms with Crippen LogP contribution in [0.4, 0.5) is 10.1 Å². The van der Waals surface area contributed by atoms with E-state index < -0.39 is 16.8 Å². The fraction of sp³-hybridized carbons (Fsp3) is 0.167. The number of H-pyrrole nitrogens is 1. The van der Waals surface area contributed by atoms with Crippen molar-refractivity contribution in [3.8, 4) is 39.8 Å². The Morgan fingerprint density at radius 3 is 2.43 bits per heavy atom. The lowest BCUT2D eigenvalue weighted by molar-refractivity contribution is 0.0964.